The number of carbonyl (C=O) groups excluding carboxylic acids is 1. The Morgan fingerprint density at radius 3 is 2.39 bits per heavy atom. The number of aromatic nitrogens is 3. The number of amides is 2. The Hall–Kier alpha value is -4.54. The summed E-state index contributed by atoms with van der Waals surface area (Å²) >= 11 is 3.12. The zero-order valence-corrected chi connectivity index (χ0v) is 22.2. The van der Waals surface area contributed by atoms with Gasteiger partial charge in [0.2, 0.25) is 11.8 Å². The van der Waals surface area contributed by atoms with Crippen molar-refractivity contribution in [2.24, 2.45) is 5.73 Å². The highest BCUT2D eigenvalue weighted by Gasteiger charge is 2.32. The zero-order valence-electron chi connectivity index (χ0n) is 20.6. The Morgan fingerprint density at radius 1 is 1.15 bits per heavy atom. The molecule has 0 saturated carbocycles. The van der Waals surface area contributed by atoms with Crippen molar-refractivity contribution in [2.75, 3.05) is 6.54 Å². The second-order valence-corrected chi connectivity index (χ2v) is 9.07. The van der Waals surface area contributed by atoms with Gasteiger partial charge < -0.3 is 24.5 Å². The van der Waals surface area contributed by atoms with Crippen molar-refractivity contribution < 1.29 is 50.3 Å². The molecule has 216 valence electrons. The van der Waals surface area contributed by atoms with Gasteiger partial charge in [-0.2, -0.15) is 18.2 Å². The summed E-state index contributed by atoms with van der Waals surface area (Å²) in [6, 6.07) is 5.46. The molecule has 1 unspecified atom stereocenters. The third-order valence-corrected chi connectivity index (χ3v) is 6.02. The monoisotopic (exact) mass is 645 g/mol. The summed E-state index contributed by atoms with van der Waals surface area (Å²) in [6.45, 7) is 0.450. The maximum atomic E-state index is 15.0. The number of nitrogens with two attached hydrogens (primary N) is 1. The third kappa shape index (κ3) is 6.62. The minimum atomic E-state index is -4.58. The topological polar surface area (TPSA) is 158 Å². The second kappa shape index (κ2) is 11.5. The first-order chi connectivity index (χ1) is 19.2. The molecule has 41 heavy (non-hydrogen) atoms. The van der Waals surface area contributed by atoms with Crippen molar-refractivity contribution in [3.05, 3.63) is 81.4 Å². The van der Waals surface area contributed by atoms with E-state index in [4.69, 9.17) is 19.4 Å². The minimum Gasteiger partial charge on any atom is -0.476 e. The summed E-state index contributed by atoms with van der Waals surface area (Å²) in [5.74, 6) is -5.08. The lowest BCUT2D eigenvalue weighted by Crippen LogP contribution is -2.35. The molecule has 2 aromatic carbocycles. The Balaban J connectivity index is 1.74. The summed E-state index contributed by atoms with van der Waals surface area (Å²) < 4.78 is 84.1. The van der Waals surface area contributed by atoms with Crippen LogP contribution in [0, 0.1) is 18.6 Å². The SMILES string of the molecule is Cc1noc(CN(CC(Oc2ccc(F)c(C(N)=O)c2F)c2nc(-c3ccc(C(F)(F)F)cc3)c(Br)o2)C(=O)O)n1. The van der Waals surface area contributed by atoms with Crippen LogP contribution in [0.4, 0.5) is 26.7 Å². The Kier molecular flexibility index (Phi) is 8.27. The quantitative estimate of drug-likeness (QED) is 0.224. The first kappa shape index (κ1) is 29.4. The Morgan fingerprint density at radius 2 is 1.83 bits per heavy atom. The fourth-order valence-corrected chi connectivity index (χ4v) is 4.08. The molecular formula is C24H17BrF5N5O6. The number of aryl methyl sites for hydroxylation is 1. The summed E-state index contributed by atoms with van der Waals surface area (Å²) in [7, 11) is 0. The van der Waals surface area contributed by atoms with Crippen molar-refractivity contribution >= 4 is 27.9 Å². The van der Waals surface area contributed by atoms with Crippen molar-refractivity contribution in [2.45, 2.75) is 25.7 Å². The molecule has 2 heterocycles. The number of benzene rings is 2. The van der Waals surface area contributed by atoms with Gasteiger partial charge in [0, 0.05) is 5.56 Å². The van der Waals surface area contributed by atoms with Crippen molar-refractivity contribution in [1.29, 1.82) is 0 Å². The van der Waals surface area contributed by atoms with Crippen molar-refractivity contribution in [3.8, 4) is 17.0 Å². The first-order valence-electron chi connectivity index (χ1n) is 11.3. The maximum Gasteiger partial charge on any atom is 0.416 e. The number of primary amides is 1. The van der Waals surface area contributed by atoms with Crippen LogP contribution in [0.25, 0.3) is 11.3 Å². The Bertz CT molecular complexity index is 1590. The lowest BCUT2D eigenvalue weighted by atomic mass is 10.1. The molecule has 0 spiro atoms. The van der Waals surface area contributed by atoms with E-state index in [-0.39, 0.29) is 33.5 Å². The molecule has 0 aliphatic rings. The van der Waals surface area contributed by atoms with Crippen LogP contribution in [-0.2, 0) is 12.7 Å². The van der Waals surface area contributed by atoms with Crippen LogP contribution < -0.4 is 10.5 Å². The van der Waals surface area contributed by atoms with E-state index < -0.39 is 65.9 Å². The highest BCUT2D eigenvalue weighted by atomic mass is 79.9. The smallest absolute Gasteiger partial charge is 0.416 e. The molecule has 0 fully saturated rings. The standard InChI is InChI=1S/C24H17BrF5N5O6/c1-10-32-16(41-34-10)9-35(23(37)38)8-15(39-14-7-6-13(26)17(18(14)27)21(31)36)22-33-19(20(25)40-22)11-2-4-12(5-3-11)24(28,29)30/h2-7,15H,8-9H2,1H3,(H2,31,36)(H,37,38). The number of carboxylic acid groups (broad SMARTS) is 1. The molecule has 11 nitrogen and oxygen atoms in total. The molecule has 4 rings (SSSR count). The van der Waals surface area contributed by atoms with E-state index in [1.54, 1.807) is 0 Å². The fourth-order valence-electron chi connectivity index (χ4n) is 3.60. The molecular weight excluding hydrogens is 629 g/mol. The van der Waals surface area contributed by atoms with E-state index in [1.165, 1.54) is 6.92 Å². The lowest BCUT2D eigenvalue weighted by molar-refractivity contribution is -0.137. The van der Waals surface area contributed by atoms with E-state index in [0.29, 0.717) is 6.07 Å². The number of ether oxygens (including phenoxy) is 1. The van der Waals surface area contributed by atoms with Gasteiger partial charge in [0.05, 0.1) is 12.1 Å². The lowest BCUT2D eigenvalue weighted by Gasteiger charge is -2.23. The number of carbonyl (C=O) groups is 2. The molecule has 0 aliphatic heterocycles. The summed E-state index contributed by atoms with van der Waals surface area (Å²) in [6.07, 6.45) is -7.64. The molecule has 4 aromatic rings. The maximum absolute atomic E-state index is 15.0. The average molecular weight is 646 g/mol. The van der Waals surface area contributed by atoms with Gasteiger partial charge >= 0.3 is 12.3 Å². The molecule has 0 aliphatic carbocycles. The summed E-state index contributed by atoms with van der Waals surface area (Å²) in [5.41, 5.74) is 3.25. The van der Waals surface area contributed by atoms with E-state index in [9.17, 15) is 32.3 Å². The van der Waals surface area contributed by atoms with E-state index >= 15 is 4.39 Å². The molecule has 0 bridgehead atoms. The van der Waals surface area contributed by atoms with Crippen LogP contribution in [0.15, 0.2) is 50.0 Å². The van der Waals surface area contributed by atoms with Crippen LogP contribution in [0.1, 0.15) is 39.6 Å². The predicted molar refractivity (Wildman–Crippen MR) is 130 cm³/mol. The van der Waals surface area contributed by atoms with Gasteiger partial charge in [-0.1, -0.05) is 17.3 Å². The van der Waals surface area contributed by atoms with Gasteiger partial charge in [-0.15, -0.1) is 0 Å². The Labute approximate surface area is 234 Å². The third-order valence-electron chi connectivity index (χ3n) is 5.49. The number of rotatable bonds is 9. The van der Waals surface area contributed by atoms with Crippen LogP contribution in [-0.4, -0.2) is 43.7 Å². The van der Waals surface area contributed by atoms with Crippen molar-refractivity contribution in [3.63, 3.8) is 0 Å². The predicted octanol–water partition coefficient (Wildman–Crippen LogP) is 5.49. The highest BCUT2D eigenvalue weighted by molar-refractivity contribution is 9.10. The van der Waals surface area contributed by atoms with E-state index in [0.717, 1.165) is 35.2 Å². The molecule has 0 saturated heterocycles. The van der Waals surface area contributed by atoms with Crippen LogP contribution in [0.5, 0.6) is 5.75 Å². The van der Waals surface area contributed by atoms with Crippen LogP contribution in [0.3, 0.4) is 0 Å². The zero-order chi connectivity index (χ0) is 30.1. The minimum absolute atomic E-state index is 0.00845. The fraction of sp³-hybridized carbons (Fsp3) is 0.208. The molecule has 0 radical (unpaired) electrons. The normalized spacial score (nSPS) is 12.3. The number of hydrogen-bond donors (Lipinski definition) is 2. The first-order valence-corrected chi connectivity index (χ1v) is 12.1. The molecule has 1 atom stereocenters. The van der Waals surface area contributed by atoms with Gasteiger partial charge in [0.15, 0.2) is 28.2 Å². The van der Waals surface area contributed by atoms with Gasteiger partial charge in [0.25, 0.3) is 5.91 Å². The summed E-state index contributed by atoms with van der Waals surface area (Å²) in [5, 5.41) is 13.4. The summed E-state index contributed by atoms with van der Waals surface area (Å²) in [4.78, 5) is 32.5. The molecule has 2 amide bonds. The molecule has 2 aromatic heterocycles. The van der Waals surface area contributed by atoms with Gasteiger partial charge in [-0.3, -0.25) is 9.69 Å². The van der Waals surface area contributed by atoms with E-state index in [1.807, 2.05) is 0 Å². The number of oxazole rings is 1. The number of nitrogens with zero attached hydrogens (tertiary/aromatic N) is 4. The van der Waals surface area contributed by atoms with Crippen LogP contribution >= 0.6 is 15.9 Å². The number of halogens is 6. The number of hydrogen-bond acceptors (Lipinski definition) is 8. The highest BCUT2D eigenvalue weighted by Crippen LogP contribution is 2.36. The second-order valence-electron chi connectivity index (χ2n) is 8.35. The largest absolute Gasteiger partial charge is 0.476 e. The average Bonchev–Trinajstić information content (AvgIpc) is 3.48. The number of alkyl halides is 3. The van der Waals surface area contributed by atoms with Gasteiger partial charge in [-0.25, -0.2) is 18.6 Å². The molecule has 17 heteroatoms. The van der Waals surface area contributed by atoms with E-state index in [2.05, 4.69) is 31.1 Å². The van der Waals surface area contributed by atoms with Gasteiger partial charge in [0.1, 0.15) is 23.6 Å². The van der Waals surface area contributed by atoms with Crippen molar-refractivity contribution in [1.82, 2.24) is 20.0 Å². The van der Waals surface area contributed by atoms with Gasteiger partial charge in [-0.05, 0) is 47.1 Å². The molecule has 3 N–H and O–H groups in total. The van der Waals surface area contributed by atoms with Crippen LogP contribution in [0.2, 0.25) is 0 Å².